The van der Waals surface area contributed by atoms with Gasteiger partial charge in [0, 0.05) is 11.6 Å². The van der Waals surface area contributed by atoms with Crippen LogP contribution in [0.3, 0.4) is 0 Å². The van der Waals surface area contributed by atoms with Crippen LogP contribution >= 0.6 is 0 Å². The number of H-pyrrole nitrogens is 1. The third-order valence-electron chi connectivity index (χ3n) is 3.08. The molecule has 86 valence electrons. The predicted octanol–water partition coefficient (Wildman–Crippen LogP) is 1.72. The largest absolute Gasteiger partial charge is 0.320 e. The number of nitrogens with zero attached hydrogens (tertiary/aromatic N) is 3. The van der Waals surface area contributed by atoms with Crippen LogP contribution in [0.25, 0.3) is 27.6 Å². The summed E-state index contributed by atoms with van der Waals surface area (Å²) in [6.07, 6.45) is 3.27. The van der Waals surface area contributed by atoms with Gasteiger partial charge in [0.05, 0.1) is 5.52 Å². The fourth-order valence-electron chi connectivity index (χ4n) is 2.28. The van der Waals surface area contributed by atoms with Crippen LogP contribution in [0.2, 0.25) is 0 Å². The second-order valence-corrected chi connectivity index (χ2v) is 4.12. The SMILES string of the molecule is O=c1[nH]c2ccccc2c2nc3ccncn3c12. The molecule has 3 heterocycles. The average Bonchev–Trinajstić information content (AvgIpc) is 2.79. The summed E-state index contributed by atoms with van der Waals surface area (Å²) < 4.78 is 1.71. The van der Waals surface area contributed by atoms with Crippen molar-refractivity contribution in [1.82, 2.24) is 19.4 Å². The molecule has 4 aromatic rings. The van der Waals surface area contributed by atoms with Crippen molar-refractivity contribution >= 4 is 27.6 Å². The van der Waals surface area contributed by atoms with Crippen LogP contribution in [0.4, 0.5) is 0 Å². The molecule has 0 amide bonds. The second kappa shape index (κ2) is 3.16. The maximum atomic E-state index is 12.1. The number of benzene rings is 1. The van der Waals surface area contributed by atoms with E-state index in [1.807, 2.05) is 24.3 Å². The molecule has 18 heavy (non-hydrogen) atoms. The van der Waals surface area contributed by atoms with Gasteiger partial charge in [-0.2, -0.15) is 0 Å². The zero-order chi connectivity index (χ0) is 12.1. The molecule has 0 unspecified atom stereocenters. The van der Waals surface area contributed by atoms with Gasteiger partial charge in [0.2, 0.25) is 0 Å². The molecule has 0 aliphatic heterocycles. The Balaban J connectivity index is 2.42. The Kier molecular flexibility index (Phi) is 1.64. The number of rotatable bonds is 0. The van der Waals surface area contributed by atoms with Gasteiger partial charge in [0.25, 0.3) is 5.56 Å². The number of hydrogen-bond donors (Lipinski definition) is 1. The first-order valence-electron chi connectivity index (χ1n) is 5.57. The molecular formula is C13H8N4O. The summed E-state index contributed by atoms with van der Waals surface area (Å²) in [5, 5.41) is 0.941. The molecule has 0 radical (unpaired) electrons. The third kappa shape index (κ3) is 1.08. The Morgan fingerprint density at radius 1 is 1.17 bits per heavy atom. The highest BCUT2D eigenvalue weighted by atomic mass is 16.1. The van der Waals surface area contributed by atoms with Gasteiger partial charge < -0.3 is 4.98 Å². The fraction of sp³-hybridized carbons (Fsp3) is 0. The number of fused-ring (bicyclic) bond motifs is 5. The van der Waals surface area contributed by atoms with Gasteiger partial charge in [-0.1, -0.05) is 18.2 Å². The maximum Gasteiger partial charge on any atom is 0.275 e. The van der Waals surface area contributed by atoms with Gasteiger partial charge in [0.15, 0.2) is 0 Å². The van der Waals surface area contributed by atoms with Crippen LogP contribution in [0.5, 0.6) is 0 Å². The monoisotopic (exact) mass is 236 g/mol. The molecule has 4 rings (SSSR count). The van der Waals surface area contributed by atoms with Crippen molar-refractivity contribution in [1.29, 1.82) is 0 Å². The summed E-state index contributed by atoms with van der Waals surface area (Å²) in [6.45, 7) is 0. The minimum atomic E-state index is -0.149. The highest BCUT2D eigenvalue weighted by Gasteiger charge is 2.11. The minimum Gasteiger partial charge on any atom is -0.320 e. The van der Waals surface area contributed by atoms with E-state index in [0.29, 0.717) is 11.0 Å². The van der Waals surface area contributed by atoms with Gasteiger partial charge in [-0.3, -0.25) is 9.20 Å². The van der Waals surface area contributed by atoms with Gasteiger partial charge in [-0.15, -0.1) is 0 Å². The van der Waals surface area contributed by atoms with E-state index in [9.17, 15) is 4.79 Å². The standard InChI is InChI=1S/C13H8N4O/c18-13-12-11(8-3-1-2-4-9(8)15-13)16-10-5-6-14-7-17(10)12/h1-7H,(H,15,18). The lowest BCUT2D eigenvalue weighted by Crippen LogP contribution is -2.08. The Morgan fingerprint density at radius 2 is 2.06 bits per heavy atom. The molecule has 0 aliphatic carbocycles. The number of pyridine rings is 1. The van der Waals surface area contributed by atoms with E-state index in [0.717, 1.165) is 16.6 Å². The lowest BCUT2D eigenvalue weighted by Gasteiger charge is -1.98. The normalized spacial score (nSPS) is 11.6. The maximum absolute atomic E-state index is 12.1. The molecule has 1 N–H and O–H groups in total. The number of aromatic amines is 1. The van der Waals surface area contributed by atoms with Crippen molar-refractivity contribution in [3.05, 3.63) is 53.2 Å². The van der Waals surface area contributed by atoms with Gasteiger partial charge >= 0.3 is 0 Å². The molecule has 5 nitrogen and oxygen atoms in total. The van der Waals surface area contributed by atoms with Gasteiger partial charge in [-0.25, -0.2) is 9.97 Å². The number of nitrogens with one attached hydrogen (secondary N) is 1. The first-order valence-corrected chi connectivity index (χ1v) is 5.57. The van der Waals surface area contributed by atoms with E-state index in [1.54, 1.807) is 23.0 Å². The fourth-order valence-corrected chi connectivity index (χ4v) is 2.28. The summed E-state index contributed by atoms with van der Waals surface area (Å²) >= 11 is 0. The number of imidazole rings is 1. The number of aromatic nitrogens is 4. The van der Waals surface area contributed by atoms with Crippen molar-refractivity contribution in [3.8, 4) is 0 Å². The van der Waals surface area contributed by atoms with Crippen LogP contribution in [-0.2, 0) is 0 Å². The topological polar surface area (TPSA) is 63.0 Å². The number of hydrogen-bond acceptors (Lipinski definition) is 3. The zero-order valence-corrected chi connectivity index (χ0v) is 9.29. The molecule has 0 aliphatic rings. The molecule has 0 bridgehead atoms. The van der Waals surface area contributed by atoms with Crippen molar-refractivity contribution in [2.75, 3.05) is 0 Å². The highest BCUT2D eigenvalue weighted by Crippen LogP contribution is 2.20. The summed E-state index contributed by atoms with van der Waals surface area (Å²) in [5.41, 5.74) is 2.62. The highest BCUT2D eigenvalue weighted by molar-refractivity contribution is 6.03. The van der Waals surface area contributed by atoms with E-state index in [1.165, 1.54) is 0 Å². The van der Waals surface area contributed by atoms with Crippen molar-refractivity contribution in [3.63, 3.8) is 0 Å². The summed E-state index contributed by atoms with van der Waals surface area (Å²) in [7, 11) is 0. The second-order valence-electron chi connectivity index (χ2n) is 4.12. The van der Waals surface area contributed by atoms with E-state index in [4.69, 9.17) is 0 Å². The Labute approximate surface area is 101 Å². The Morgan fingerprint density at radius 3 is 3.00 bits per heavy atom. The van der Waals surface area contributed by atoms with Gasteiger partial charge in [-0.05, 0) is 12.1 Å². The van der Waals surface area contributed by atoms with Crippen molar-refractivity contribution in [2.45, 2.75) is 0 Å². The van der Waals surface area contributed by atoms with Crippen molar-refractivity contribution < 1.29 is 0 Å². The summed E-state index contributed by atoms with van der Waals surface area (Å²) in [4.78, 5) is 23.5. The van der Waals surface area contributed by atoms with E-state index < -0.39 is 0 Å². The molecule has 0 saturated heterocycles. The van der Waals surface area contributed by atoms with Crippen LogP contribution in [0, 0.1) is 0 Å². The molecule has 0 saturated carbocycles. The summed E-state index contributed by atoms with van der Waals surface area (Å²) in [5.74, 6) is 0. The van der Waals surface area contributed by atoms with Gasteiger partial charge in [0.1, 0.15) is 23.0 Å². The minimum absolute atomic E-state index is 0.149. The Bertz CT molecular complexity index is 951. The van der Waals surface area contributed by atoms with E-state index >= 15 is 0 Å². The molecular weight excluding hydrogens is 228 g/mol. The van der Waals surface area contributed by atoms with Crippen LogP contribution in [0.15, 0.2) is 47.7 Å². The van der Waals surface area contributed by atoms with Crippen LogP contribution in [0.1, 0.15) is 0 Å². The summed E-state index contributed by atoms with van der Waals surface area (Å²) in [6, 6.07) is 9.43. The predicted molar refractivity (Wildman–Crippen MR) is 68.6 cm³/mol. The molecule has 5 heteroatoms. The van der Waals surface area contributed by atoms with Crippen LogP contribution in [-0.4, -0.2) is 19.4 Å². The van der Waals surface area contributed by atoms with E-state index in [2.05, 4.69) is 15.0 Å². The quantitative estimate of drug-likeness (QED) is 0.505. The van der Waals surface area contributed by atoms with E-state index in [-0.39, 0.29) is 5.56 Å². The smallest absolute Gasteiger partial charge is 0.275 e. The number of para-hydroxylation sites is 1. The third-order valence-corrected chi connectivity index (χ3v) is 3.08. The average molecular weight is 236 g/mol. The lowest BCUT2D eigenvalue weighted by molar-refractivity contribution is 1.10. The molecule has 0 spiro atoms. The molecule has 0 fully saturated rings. The molecule has 1 aromatic carbocycles. The molecule has 3 aromatic heterocycles. The molecule has 0 atom stereocenters. The van der Waals surface area contributed by atoms with Crippen LogP contribution < -0.4 is 5.56 Å². The zero-order valence-electron chi connectivity index (χ0n) is 9.29. The first-order chi connectivity index (χ1) is 8.84. The van der Waals surface area contributed by atoms with Crippen molar-refractivity contribution in [2.24, 2.45) is 0 Å². The lowest BCUT2D eigenvalue weighted by atomic mass is 10.2. The Hall–Kier alpha value is -2.69. The first kappa shape index (κ1) is 9.35.